The third-order valence-electron chi connectivity index (χ3n) is 5.40. The maximum Gasteiger partial charge on any atom is 0.248 e. The summed E-state index contributed by atoms with van der Waals surface area (Å²) in [6.45, 7) is 8.07. The Morgan fingerprint density at radius 1 is 0.862 bits per heavy atom. The summed E-state index contributed by atoms with van der Waals surface area (Å²) in [5, 5.41) is 3.72. The molecule has 2 fully saturated rings. The van der Waals surface area contributed by atoms with E-state index in [4.69, 9.17) is 17.2 Å². The van der Waals surface area contributed by atoms with E-state index in [1.54, 1.807) is 0 Å². The van der Waals surface area contributed by atoms with E-state index in [-0.39, 0.29) is 0 Å². The highest BCUT2D eigenvalue weighted by Crippen LogP contribution is 2.23. The number of rotatable bonds is 5. The van der Waals surface area contributed by atoms with Crippen LogP contribution in [-0.2, 0) is 0 Å². The van der Waals surface area contributed by atoms with Gasteiger partial charge < -0.3 is 15.1 Å². The summed E-state index contributed by atoms with van der Waals surface area (Å²) >= 11 is 5.46. The molecule has 0 amide bonds. The monoisotopic (exact) mass is 412 g/mol. The van der Waals surface area contributed by atoms with Crippen LogP contribution in [0.2, 0.25) is 0 Å². The van der Waals surface area contributed by atoms with Crippen molar-refractivity contribution in [3.05, 3.63) is 29.3 Å². The van der Waals surface area contributed by atoms with Crippen LogP contribution in [0.3, 0.4) is 0 Å². The van der Waals surface area contributed by atoms with Gasteiger partial charge in [0.25, 0.3) is 0 Å². The number of anilines is 4. The molecule has 2 aliphatic rings. The minimum atomic E-state index is 0.466. The molecular formula is C20H28N8S. The van der Waals surface area contributed by atoms with E-state index in [1.807, 2.05) is 6.07 Å². The minimum absolute atomic E-state index is 0.466. The van der Waals surface area contributed by atoms with E-state index in [9.17, 15) is 0 Å². The van der Waals surface area contributed by atoms with Crippen molar-refractivity contribution < 1.29 is 0 Å². The van der Waals surface area contributed by atoms with Crippen LogP contribution in [-0.4, -0.2) is 46.2 Å². The summed E-state index contributed by atoms with van der Waals surface area (Å²) in [6.07, 6.45) is 4.70. The number of nitrogens with zero attached hydrogens (tertiary/aromatic N) is 5. The van der Waals surface area contributed by atoms with Crippen molar-refractivity contribution in [1.82, 2.24) is 20.4 Å². The molecule has 1 aromatic carbocycles. The van der Waals surface area contributed by atoms with E-state index in [1.165, 1.54) is 25.7 Å². The first-order valence-electron chi connectivity index (χ1n) is 10.3. The number of aromatic nitrogens is 3. The normalized spacial score (nSPS) is 16.2. The van der Waals surface area contributed by atoms with Gasteiger partial charge in [0.2, 0.25) is 17.8 Å². The first kappa shape index (κ1) is 19.6. The smallest absolute Gasteiger partial charge is 0.248 e. The zero-order valence-corrected chi connectivity index (χ0v) is 17.8. The van der Waals surface area contributed by atoms with Gasteiger partial charge in [-0.3, -0.25) is 10.9 Å². The van der Waals surface area contributed by atoms with Crippen LogP contribution in [0.5, 0.6) is 0 Å². The van der Waals surface area contributed by atoms with Gasteiger partial charge in [0.05, 0.1) is 0 Å². The lowest BCUT2D eigenvalue weighted by atomic mass is 10.1. The standard InChI is InChI=1S/C20H28N8S/c1-14-8-7-9-15(2)16(14)21-20(29)26-25-17-22-18(27-10-3-4-11-27)24-19(23-17)28-12-5-6-13-28/h7-9H,3-6,10-13H2,1-2H3,(H2,21,26,29)(H,22,23,24,25). The van der Waals surface area contributed by atoms with E-state index in [0.717, 1.165) is 54.9 Å². The van der Waals surface area contributed by atoms with Crippen LogP contribution in [0.15, 0.2) is 18.2 Å². The van der Waals surface area contributed by atoms with Crippen molar-refractivity contribution >= 4 is 40.9 Å². The fourth-order valence-electron chi connectivity index (χ4n) is 3.80. The zero-order chi connectivity index (χ0) is 20.2. The molecule has 0 atom stereocenters. The summed E-state index contributed by atoms with van der Waals surface area (Å²) in [5.74, 6) is 1.95. The molecule has 9 heteroatoms. The molecule has 3 N–H and O–H groups in total. The van der Waals surface area contributed by atoms with Crippen molar-refractivity contribution in [3.8, 4) is 0 Å². The fourth-order valence-corrected chi connectivity index (χ4v) is 3.95. The lowest BCUT2D eigenvalue weighted by Crippen LogP contribution is -2.35. The molecule has 8 nitrogen and oxygen atoms in total. The highest BCUT2D eigenvalue weighted by molar-refractivity contribution is 7.80. The van der Waals surface area contributed by atoms with E-state index in [2.05, 4.69) is 61.9 Å². The van der Waals surface area contributed by atoms with Crippen LogP contribution < -0.4 is 26.0 Å². The third-order valence-corrected chi connectivity index (χ3v) is 5.60. The number of benzene rings is 1. The number of hydrazine groups is 1. The molecular weight excluding hydrogens is 384 g/mol. The van der Waals surface area contributed by atoms with E-state index in [0.29, 0.717) is 11.1 Å². The van der Waals surface area contributed by atoms with Crippen molar-refractivity contribution in [3.63, 3.8) is 0 Å². The molecule has 1 aromatic heterocycles. The maximum atomic E-state index is 5.46. The lowest BCUT2D eigenvalue weighted by molar-refractivity contribution is 0.834. The summed E-state index contributed by atoms with van der Waals surface area (Å²) < 4.78 is 0. The van der Waals surface area contributed by atoms with Gasteiger partial charge in [-0.05, 0) is 62.9 Å². The lowest BCUT2D eigenvalue weighted by Gasteiger charge is -2.21. The first-order chi connectivity index (χ1) is 14.1. The van der Waals surface area contributed by atoms with Crippen LogP contribution >= 0.6 is 12.2 Å². The van der Waals surface area contributed by atoms with Crippen LogP contribution in [0.25, 0.3) is 0 Å². The number of nitrogens with one attached hydrogen (secondary N) is 3. The predicted octanol–water partition coefficient (Wildman–Crippen LogP) is 3.00. The minimum Gasteiger partial charge on any atom is -0.341 e. The molecule has 0 unspecified atom stereocenters. The number of aryl methyl sites for hydroxylation is 2. The molecule has 0 radical (unpaired) electrons. The SMILES string of the molecule is Cc1cccc(C)c1NC(=S)NNc1nc(N2CCCC2)nc(N2CCCC2)n1. The molecule has 2 saturated heterocycles. The first-order valence-corrected chi connectivity index (χ1v) is 10.7. The Morgan fingerprint density at radius 3 is 1.90 bits per heavy atom. The molecule has 29 heavy (non-hydrogen) atoms. The molecule has 0 bridgehead atoms. The maximum absolute atomic E-state index is 5.46. The van der Waals surface area contributed by atoms with Crippen LogP contribution in [0, 0.1) is 13.8 Å². The Hall–Kier alpha value is -2.68. The molecule has 2 aliphatic heterocycles. The van der Waals surface area contributed by atoms with Gasteiger partial charge >= 0.3 is 0 Å². The summed E-state index contributed by atoms with van der Waals surface area (Å²) in [7, 11) is 0. The molecule has 154 valence electrons. The van der Waals surface area contributed by atoms with Crippen molar-refractivity contribution in [2.75, 3.05) is 46.7 Å². The van der Waals surface area contributed by atoms with Gasteiger partial charge in [-0.1, -0.05) is 18.2 Å². The van der Waals surface area contributed by atoms with Gasteiger partial charge in [0.15, 0.2) is 5.11 Å². The molecule has 0 spiro atoms. The largest absolute Gasteiger partial charge is 0.341 e. The van der Waals surface area contributed by atoms with Crippen LogP contribution in [0.1, 0.15) is 36.8 Å². The van der Waals surface area contributed by atoms with Gasteiger partial charge in [-0.15, -0.1) is 0 Å². The number of hydrogen-bond acceptors (Lipinski definition) is 7. The highest BCUT2D eigenvalue weighted by atomic mass is 32.1. The molecule has 2 aromatic rings. The quantitative estimate of drug-likeness (QED) is 0.507. The second kappa shape index (κ2) is 8.77. The summed E-state index contributed by atoms with van der Waals surface area (Å²) in [4.78, 5) is 18.4. The van der Waals surface area contributed by atoms with Crippen molar-refractivity contribution in [2.24, 2.45) is 0 Å². The summed E-state index contributed by atoms with van der Waals surface area (Å²) in [5.41, 5.74) is 9.37. The van der Waals surface area contributed by atoms with Gasteiger partial charge in [-0.2, -0.15) is 15.0 Å². The number of hydrogen-bond donors (Lipinski definition) is 3. The van der Waals surface area contributed by atoms with E-state index < -0.39 is 0 Å². The Morgan fingerprint density at radius 2 is 1.38 bits per heavy atom. The Labute approximate surface area is 177 Å². The van der Waals surface area contributed by atoms with Gasteiger partial charge in [-0.25, -0.2) is 0 Å². The molecule has 0 saturated carbocycles. The molecule has 4 rings (SSSR count). The molecule has 3 heterocycles. The van der Waals surface area contributed by atoms with Gasteiger partial charge in [0.1, 0.15) is 0 Å². The highest BCUT2D eigenvalue weighted by Gasteiger charge is 2.21. The second-order valence-electron chi connectivity index (χ2n) is 7.62. The zero-order valence-electron chi connectivity index (χ0n) is 17.0. The second-order valence-corrected chi connectivity index (χ2v) is 8.03. The Bertz CT molecular complexity index is 820. The van der Waals surface area contributed by atoms with Gasteiger partial charge in [0, 0.05) is 31.9 Å². The van der Waals surface area contributed by atoms with E-state index >= 15 is 0 Å². The predicted molar refractivity (Wildman–Crippen MR) is 122 cm³/mol. The summed E-state index contributed by atoms with van der Waals surface area (Å²) in [6, 6.07) is 6.15. The van der Waals surface area contributed by atoms with Crippen molar-refractivity contribution in [2.45, 2.75) is 39.5 Å². The van der Waals surface area contributed by atoms with Crippen LogP contribution in [0.4, 0.5) is 23.5 Å². The Kier molecular flexibility index (Phi) is 5.94. The van der Waals surface area contributed by atoms with Crippen molar-refractivity contribution in [1.29, 1.82) is 0 Å². The average molecular weight is 413 g/mol. The molecule has 0 aliphatic carbocycles. The fraction of sp³-hybridized carbons (Fsp3) is 0.500. The Balaban J connectivity index is 1.47. The number of thiocarbonyl (C=S) groups is 1. The average Bonchev–Trinajstić information content (AvgIpc) is 3.43. The third kappa shape index (κ3) is 4.67. The number of para-hydroxylation sites is 1. The topological polar surface area (TPSA) is 81.2 Å².